The number of methoxy groups -OCH3 is 1. The fourth-order valence-corrected chi connectivity index (χ4v) is 6.88. The van der Waals surface area contributed by atoms with Crippen molar-refractivity contribution in [2.75, 3.05) is 73.2 Å². The number of likely N-dealkylation sites (N-methyl/N-ethyl adjacent to an activating group) is 1. The predicted molar refractivity (Wildman–Crippen MR) is 182 cm³/mol. The van der Waals surface area contributed by atoms with Gasteiger partial charge in [0.25, 0.3) is 5.91 Å². The lowest BCUT2D eigenvalue weighted by atomic mass is 10.1. The number of oxazole rings is 1. The van der Waals surface area contributed by atoms with E-state index in [1.807, 2.05) is 65.7 Å². The molecule has 3 aliphatic rings. The molecule has 3 aromatic carbocycles. The van der Waals surface area contributed by atoms with E-state index in [0.717, 1.165) is 98.4 Å². The van der Waals surface area contributed by atoms with E-state index in [2.05, 4.69) is 21.9 Å². The summed E-state index contributed by atoms with van der Waals surface area (Å²) in [6.45, 7) is 8.49. The highest BCUT2D eigenvalue weighted by Gasteiger charge is 2.33. The number of hydrogen-bond donors (Lipinski definition) is 0. The third-order valence-electron chi connectivity index (χ3n) is 9.73. The van der Waals surface area contributed by atoms with E-state index in [1.54, 1.807) is 13.2 Å². The van der Waals surface area contributed by atoms with Crippen LogP contribution in [0.15, 0.2) is 70.1 Å². The van der Waals surface area contributed by atoms with E-state index in [1.165, 1.54) is 0 Å². The Kier molecular flexibility index (Phi) is 9.13. The summed E-state index contributed by atoms with van der Waals surface area (Å²) in [5, 5.41) is 0. The molecule has 4 heterocycles. The Morgan fingerprint density at radius 1 is 0.957 bits per heavy atom. The van der Waals surface area contributed by atoms with Gasteiger partial charge in [-0.05, 0) is 55.7 Å². The Hall–Kier alpha value is -4.41. The topological polar surface area (TPSA) is 89.6 Å². The lowest BCUT2D eigenvalue weighted by Gasteiger charge is -2.42. The zero-order valence-corrected chi connectivity index (χ0v) is 27.4. The number of carbonyl (C=O) groups is 1. The summed E-state index contributed by atoms with van der Waals surface area (Å²) >= 11 is 0. The third-order valence-corrected chi connectivity index (χ3v) is 9.73. The molecule has 10 heteroatoms. The van der Waals surface area contributed by atoms with Gasteiger partial charge in [0.2, 0.25) is 5.89 Å². The quantitative estimate of drug-likeness (QED) is 0.143. The highest BCUT2D eigenvalue weighted by Crippen LogP contribution is 2.38. The summed E-state index contributed by atoms with van der Waals surface area (Å²) in [5.41, 5.74) is 3.81. The van der Waals surface area contributed by atoms with Crippen molar-refractivity contribution in [3.8, 4) is 28.7 Å². The Bertz CT molecular complexity index is 1710. The minimum atomic E-state index is 0.0246. The predicted octanol–water partition coefficient (Wildman–Crippen LogP) is 5.82. The van der Waals surface area contributed by atoms with E-state index in [4.69, 9.17) is 18.6 Å². The average Bonchev–Trinajstić information content (AvgIpc) is 3.73. The van der Waals surface area contributed by atoms with Crippen molar-refractivity contribution >= 4 is 28.9 Å². The van der Waals surface area contributed by atoms with Crippen LogP contribution in [0.1, 0.15) is 36.0 Å². The first kappa shape index (κ1) is 31.2. The van der Waals surface area contributed by atoms with Gasteiger partial charge in [0.15, 0.2) is 17.1 Å². The van der Waals surface area contributed by atoms with Gasteiger partial charge < -0.3 is 28.0 Å². The second kappa shape index (κ2) is 13.8. The van der Waals surface area contributed by atoms with Crippen molar-refractivity contribution in [2.45, 2.75) is 31.7 Å². The number of rotatable bonds is 12. The number of piperazine rings is 1. The molecule has 0 aliphatic carbocycles. The van der Waals surface area contributed by atoms with E-state index >= 15 is 0 Å². The van der Waals surface area contributed by atoms with Crippen LogP contribution in [-0.2, 0) is 0 Å². The number of nitrogens with zero attached hydrogens (tertiary/aromatic N) is 5. The van der Waals surface area contributed by atoms with Gasteiger partial charge in [0, 0.05) is 50.4 Å². The SMILES string of the molecule is COc1cc2c(cc1OCCC[N+]1(C)CCN(CCCOc3cccc(-c4nc5ccccc5o4)c3)CC1)N=CC1CCCN1C2=O. The third kappa shape index (κ3) is 6.99. The van der Waals surface area contributed by atoms with Crippen LogP contribution in [0.25, 0.3) is 22.6 Å². The summed E-state index contributed by atoms with van der Waals surface area (Å²) in [5.74, 6) is 2.69. The molecule has 0 bridgehead atoms. The van der Waals surface area contributed by atoms with Crippen LogP contribution in [0.3, 0.4) is 0 Å². The molecule has 4 aromatic rings. The van der Waals surface area contributed by atoms with Crippen molar-refractivity contribution < 1.29 is 27.9 Å². The maximum atomic E-state index is 13.1. The fraction of sp³-hybridized carbons (Fsp3) is 0.432. The van der Waals surface area contributed by atoms with Crippen LogP contribution in [0.2, 0.25) is 0 Å². The minimum absolute atomic E-state index is 0.0246. The van der Waals surface area contributed by atoms with Crippen LogP contribution in [0, 0.1) is 0 Å². The van der Waals surface area contributed by atoms with Crippen molar-refractivity contribution in [2.24, 2.45) is 4.99 Å². The van der Waals surface area contributed by atoms with E-state index in [-0.39, 0.29) is 11.9 Å². The molecule has 0 radical (unpaired) electrons. The van der Waals surface area contributed by atoms with Gasteiger partial charge in [0.05, 0.1) is 64.3 Å². The standard InChI is InChI=1S/C37H44N5O5/c1-42(18-8-22-46-35-25-32-30(24-34(35)44-2)37(43)41-15-6-10-28(41)26-38-32)19-16-40(17-20-42)14-7-21-45-29-11-5-9-27(23-29)36-39-31-12-3-4-13-33(31)47-36/h3-5,9,11-13,23-26,28H,6-8,10,14-22H2,1-2H3/q+1. The van der Waals surface area contributed by atoms with Gasteiger partial charge in [-0.25, -0.2) is 4.98 Å². The fourth-order valence-electron chi connectivity index (χ4n) is 6.88. The molecule has 0 N–H and O–H groups in total. The largest absolute Gasteiger partial charge is 0.494 e. The summed E-state index contributed by atoms with van der Waals surface area (Å²) in [4.78, 5) is 26.9. The van der Waals surface area contributed by atoms with Crippen LogP contribution >= 0.6 is 0 Å². The van der Waals surface area contributed by atoms with E-state index < -0.39 is 0 Å². The van der Waals surface area contributed by atoms with Crippen LogP contribution in [0.5, 0.6) is 17.2 Å². The summed E-state index contributed by atoms with van der Waals surface area (Å²) < 4.78 is 24.9. The molecular weight excluding hydrogens is 594 g/mol. The molecule has 1 atom stereocenters. The molecule has 2 fully saturated rings. The number of aromatic nitrogens is 1. The Labute approximate surface area is 276 Å². The van der Waals surface area contributed by atoms with Crippen molar-refractivity contribution in [3.05, 3.63) is 66.2 Å². The summed E-state index contributed by atoms with van der Waals surface area (Å²) in [7, 11) is 3.97. The van der Waals surface area contributed by atoms with Crippen molar-refractivity contribution in [3.63, 3.8) is 0 Å². The molecule has 10 nitrogen and oxygen atoms in total. The van der Waals surface area contributed by atoms with Gasteiger partial charge in [-0.15, -0.1) is 0 Å². The number of hydrogen-bond acceptors (Lipinski definition) is 8. The van der Waals surface area contributed by atoms with Gasteiger partial charge in [-0.3, -0.25) is 14.7 Å². The Balaban J connectivity index is 0.834. The monoisotopic (exact) mass is 638 g/mol. The molecule has 1 aromatic heterocycles. The minimum Gasteiger partial charge on any atom is -0.494 e. The highest BCUT2D eigenvalue weighted by molar-refractivity contribution is 6.03. The molecule has 0 spiro atoms. The molecule has 7 rings (SSSR count). The second-order valence-corrected chi connectivity index (χ2v) is 13.1. The molecular formula is C37H44N5O5+. The Morgan fingerprint density at radius 3 is 2.66 bits per heavy atom. The molecule has 2 saturated heterocycles. The van der Waals surface area contributed by atoms with Crippen LogP contribution in [-0.4, -0.2) is 111 Å². The number of carbonyl (C=O) groups excluding carboxylic acids is 1. The number of fused-ring (bicyclic) bond motifs is 3. The molecule has 0 saturated carbocycles. The lowest BCUT2D eigenvalue weighted by molar-refractivity contribution is -0.913. The lowest BCUT2D eigenvalue weighted by Crippen LogP contribution is -2.57. The van der Waals surface area contributed by atoms with Gasteiger partial charge in [-0.2, -0.15) is 0 Å². The average molecular weight is 639 g/mol. The highest BCUT2D eigenvalue weighted by atomic mass is 16.5. The summed E-state index contributed by atoms with van der Waals surface area (Å²) in [6, 6.07) is 19.5. The number of amides is 1. The van der Waals surface area contributed by atoms with Crippen LogP contribution in [0.4, 0.5) is 5.69 Å². The molecule has 1 amide bonds. The smallest absolute Gasteiger partial charge is 0.256 e. The van der Waals surface area contributed by atoms with Gasteiger partial charge in [0.1, 0.15) is 11.3 Å². The number of ether oxygens (including phenoxy) is 3. The molecule has 47 heavy (non-hydrogen) atoms. The molecule has 3 aliphatic heterocycles. The first-order valence-corrected chi connectivity index (χ1v) is 16.8. The van der Waals surface area contributed by atoms with E-state index in [9.17, 15) is 4.79 Å². The van der Waals surface area contributed by atoms with E-state index in [0.29, 0.717) is 41.9 Å². The maximum Gasteiger partial charge on any atom is 0.256 e. The number of benzene rings is 3. The normalized spacial score (nSPS) is 19.0. The zero-order valence-electron chi connectivity index (χ0n) is 27.4. The van der Waals surface area contributed by atoms with Crippen molar-refractivity contribution in [1.29, 1.82) is 0 Å². The molecule has 246 valence electrons. The second-order valence-electron chi connectivity index (χ2n) is 13.1. The summed E-state index contributed by atoms with van der Waals surface area (Å²) in [6.07, 6.45) is 5.80. The number of aliphatic imine (C=N–C) groups is 1. The Morgan fingerprint density at radius 2 is 1.81 bits per heavy atom. The zero-order chi connectivity index (χ0) is 32.2. The maximum absolute atomic E-state index is 13.1. The first-order chi connectivity index (χ1) is 23.0. The van der Waals surface area contributed by atoms with Crippen molar-refractivity contribution in [1.82, 2.24) is 14.8 Å². The van der Waals surface area contributed by atoms with Gasteiger partial charge in [-0.1, -0.05) is 18.2 Å². The first-order valence-electron chi connectivity index (χ1n) is 16.8. The van der Waals surface area contributed by atoms with Gasteiger partial charge >= 0.3 is 0 Å². The molecule has 1 unspecified atom stereocenters. The number of quaternary nitrogens is 1. The number of para-hydroxylation sites is 2. The van der Waals surface area contributed by atoms with Crippen LogP contribution < -0.4 is 14.2 Å².